The van der Waals surface area contributed by atoms with Gasteiger partial charge in [-0.15, -0.1) is 0 Å². The number of aromatic nitrogens is 2. The summed E-state index contributed by atoms with van der Waals surface area (Å²) in [4.78, 5) is 11.8. The monoisotopic (exact) mass is 218 g/mol. The normalized spacial score (nSPS) is 16.2. The molecular formula is C13H18N2O. The number of hydrogen-bond acceptors (Lipinski definition) is 2. The largest absolute Gasteiger partial charge is 0.294 e. The highest BCUT2D eigenvalue weighted by atomic mass is 16.1. The lowest BCUT2D eigenvalue weighted by atomic mass is 9.93. The van der Waals surface area contributed by atoms with Gasteiger partial charge in [0.25, 0.3) is 0 Å². The molecule has 2 rings (SSSR count). The van der Waals surface area contributed by atoms with Crippen LogP contribution in [0.2, 0.25) is 0 Å². The Morgan fingerprint density at radius 2 is 2.19 bits per heavy atom. The average Bonchev–Trinajstić information content (AvgIpc) is 2.65. The molecule has 16 heavy (non-hydrogen) atoms. The summed E-state index contributed by atoms with van der Waals surface area (Å²) in [5.41, 5.74) is 2.33. The van der Waals surface area contributed by atoms with E-state index in [1.807, 2.05) is 19.3 Å². The second-order valence-electron chi connectivity index (χ2n) is 4.53. The van der Waals surface area contributed by atoms with Crippen molar-refractivity contribution in [3.8, 4) is 0 Å². The van der Waals surface area contributed by atoms with Gasteiger partial charge < -0.3 is 0 Å². The number of hydrogen-bond donors (Lipinski definition) is 0. The fourth-order valence-corrected chi connectivity index (χ4v) is 2.19. The molecular weight excluding hydrogens is 200 g/mol. The van der Waals surface area contributed by atoms with Crippen molar-refractivity contribution in [2.45, 2.75) is 38.5 Å². The first-order chi connectivity index (χ1) is 7.74. The van der Waals surface area contributed by atoms with Crippen LogP contribution >= 0.6 is 0 Å². The molecule has 0 unspecified atom stereocenters. The fourth-order valence-electron chi connectivity index (χ4n) is 2.19. The lowest BCUT2D eigenvalue weighted by molar-refractivity contribution is -0.114. The minimum absolute atomic E-state index is 0.213. The molecule has 3 heteroatoms. The molecule has 1 heterocycles. The number of aryl methyl sites for hydroxylation is 1. The van der Waals surface area contributed by atoms with E-state index in [1.54, 1.807) is 10.9 Å². The lowest BCUT2D eigenvalue weighted by Crippen LogP contribution is -2.02. The van der Waals surface area contributed by atoms with Gasteiger partial charge >= 0.3 is 0 Å². The van der Waals surface area contributed by atoms with E-state index in [0.29, 0.717) is 6.42 Å². The highest BCUT2D eigenvalue weighted by molar-refractivity contribution is 5.91. The summed E-state index contributed by atoms with van der Waals surface area (Å²) in [6.45, 7) is 0. The number of carbonyl (C=O) groups is 1. The minimum atomic E-state index is 0.213. The van der Waals surface area contributed by atoms with Gasteiger partial charge in [-0.2, -0.15) is 5.10 Å². The van der Waals surface area contributed by atoms with Crippen molar-refractivity contribution in [1.82, 2.24) is 9.78 Å². The van der Waals surface area contributed by atoms with E-state index in [-0.39, 0.29) is 5.78 Å². The van der Waals surface area contributed by atoms with E-state index < -0.39 is 0 Å². The molecule has 0 amide bonds. The molecule has 3 nitrogen and oxygen atoms in total. The number of rotatable bonds is 3. The molecule has 0 saturated heterocycles. The second-order valence-corrected chi connectivity index (χ2v) is 4.53. The minimum Gasteiger partial charge on any atom is -0.294 e. The van der Waals surface area contributed by atoms with Crippen LogP contribution in [0.5, 0.6) is 0 Å². The molecule has 0 aromatic carbocycles. The molecule has 0 bridgehead atoms. The van der Waals surface area contributed by atoms with E-state index in [1.165, 1.54) is 24.8 Å². The van der Waals surface area contributed by atoms with Gasteiger partial charge in [-0.3, -0.25) is 9.48 Å². The SMILES string of the molecule is Cn1cc(CC(=O)C=C2CCCCC2)cn1. The van der Waals surface area contributed by atoms with Gasteiger partial charge in [-0.05, 0) is 37.3 Å². The van der Waals surface area contributed by atoms with Gasteiger partial charge in [0.15, 0.2) is 5.78 Å². The molecule has 1 saturated carbocycles. The molecule has 1 aliphatic rings. The van der Waals surface area contributed by atoms with Crippen molar-refractivity contribution in [3.63, 3.8) is 0 Å². The Labute approximate surface area is 96.2 Å². The first kappa shape index (κ1) is 11.1. The van der Waals surface area contributed by atoms with Crippen LogP contribution in [0.3, 0.4) is 0 Å². The van der Waals surface area contributed by atoms with Crippen LogP contribution in [0.1, 0.15) is 37.7 Å². The van der Waals surface area contributed by atoms with Crippen LogP contribution in [0, 0.1) is 0 Å². The van der Waals surface area contributed by atoms with E-state index in [2.05, 4.69) is 5.10 Å². The second kappa shape index (κ2) is 5.10. The summed E-state index contributed by atoms with van der Waals surface area (Å²) in [7, 11) is 1.87. The lowest BCUT2D eigenvalue weighted by Gasteiger charge is -2.12. The quantitative estimate of drug-likeness (QED) is 0.730. The summed E-state index contributed by atoms with van der Waals surface area (Å²) >= 11 is 0. The maximum atomic E-state index is 11.8. The molecule has 1 aliphatic carbocycles. The summed E-state index contributed by atoms with van der Waals surface area (Å²) in [6, 6.07) is 0. The van der Waals surface area contributed by atoms with Crippen LogP contribution in [0.15, 0.2) is 24.0 Å². The third-order valence-electron chi connectivity index (χ3n) is 3.00. The highest BCUT2D eigenvalue weighted by Gasteiger charge is 2.08. The number of nitrogens with zero attached hydrogens (tertiary/aromatic N) is 2. The number of carbonyl (C=O) groups excluding carboxylic acids is 1. The molecule has 1 aromatic rings. The van der Waals surface area contributed by atoms with Gasteiger partial charge in [0.05, 0.1) is 6.20 Å². The van der Waals surface area contributed by atoms with Gasteiger partial charge in [-0.25, -0.2) is 0 Å². The van der Waals surface area contributed by atoms with Crippen molar-refractivity contribution in [2.75, 3.05) is 0 Å². The fraction of sp³-hybridized carbons (Fsp3) is 0.538. The van der Waals surface area contributed by atoms with Crippen molar-refractivity contribution >= 4 is 5.78 Å². The summed E-state index contributed by atoms with van der Waals surface area (Å²) in [6.07, 6.45) is 12.0. The molecule has 0 spiro atoms. The van der Waals surface area contributed by atoms with Crippen LogP contribution in [-0.4, -0.2) is 15.6 Å². The van der Waals surface area contributed by atoms with Crippen molar-refractivity contribution in [2.24, 2.45) is 7.05 Å². The van der Waals surface area contributed by atoms with E-state index in [4.69, 9.17) is 0 Å². The van der Waals surface area contributed by atoms with E-state index >= 15 is 0 Å². The van der Waals surface area contributed by atoms with Crippen LogP contribution in [0.4, 0.5) is 0 Å². The topological polar surface area (TPSA) is 34.9 Å². The molecule has 0 aliphatic heterocycles. The Morgan fingerprint density at radius 1 is 1.44 bits per heavy atom. The summed E-state index contributed by atoms with van der Waals surface area (Å²) < 4.78 is 1.73. The van der Waals surface area contributed by atoms with Crippen LogP contribution in [-0.2, 0) is 18.3 Å². The molecule has 0 radical (unpaired) electrons. The smallest absolute Gasteiger partial charge is 0.160 e. The zero-order valence-electron chi connectivity index (χ0n) is 9.78. The Bertz CT molecular complexity index is 396. The Morgan fingerprint density at radius 3 is 2.81 bits per heavy atom. The van der Waals surface area contributed by atoms with Crippen molar-refractivity contribution < 1.29 is 4.79 Å². The van der Waals surface area contributed by atoms with Crippen molar-refractivity contribution in [1.29, 1.82) is 0 Å². The van der Waals surface area contributed by atoms with Gasteiger partial charge in [0.2, 0.25) is 0 Å². The highest BCUT2D eigenvalue weighted by Crippen LogP contribution is 2.22. The van der Waals surface area contributed by atoms with Gasteiger partial charge in [0.1, 0.15) is 0 Å². The average molecular weight is 218 g/mol. The molecule has 1 aromatic heterocycles. The third kappa shape index (κ3) is 3.05. The standard InChI is InChI=1S/C13H18N2O/c1-15-10-12(9-14-15)8-13(16)7-11-5-3-2-4-6-11/h7,9-10H,2-6,8H2,1H3. The number of allylic oxidation sites excluding steroid dienone is 2. The first-order valence-corrected chi connectivity index (χ1v) is 5.94. The zero-order valence-corrected chi connectivity index (χ0v) is 9.78. The molecule has 0 atom stereocenters. The first-order valence-electron chi connectivity index (χ1n) is 5.94. The maximum Gasteiger partial charge on any atom is 0.160 e. The molecule has 1 fully saturated rings. The maximum absolute atomic E-state index is 11.8. The third-order valence-corrected chi connectivity index (χ3v) is 3.00. The van der Waals surface area contributed by atoms with Crippen molar-refractivity contribution in [3.05, 3.63) is 29.6 Å². The predicted molar refractivity (Wildman–Crippen MR) is 63.1 cm³/mol. The Balaban J connectivity index is 1.92. The van der Waals surface area contributed by atoms with Gasteiger partial charge in [0, 0.05) is 19.7 Å². The van der Waals surface area contributed by atoms with E-state index in [9.17, 15) is 4.79 Å². The summed E-state index contributed by atoms with van der Waals surface area (Å²) in [5, 5.41) is 4.06. The predicted octanol–water partition coefficient (Wildman–Crippen LogP) is 2.42. The van der Waals surface area contributed by atoms with Crippen LogP contribution < -0.4 is 0 Å². The van der Waals surface area contributed by atoms with E-state index in [0.717, 1.165) is 18.4 Å². The summed E-state index contributed by atoms with van der Waals surface area (Å²) in [5.74, 6) is 0.213. The zero-order chi connectivity index (χ0) is 11.4. The van der Waals surface area contributed by atoms with Crippen LogP contribution in [0.25, 0.3) is 0 Å². The van der Waals surface area contributed by atoms with Gasteiger partial charge in [-0.1, -0.05) is 12.0 Å². The molecule has 0 N–H and O–H groups in total. The Hall–Kier alpha value is -1.38. The molecule has 86 valence electrons. The Kier molecular flexibility index (Phi) is 3.54. The number of ketones is 1.